The maximum Gasteiger partial charge on any atom is 0.238 e. The molecule has 3 N–H and O–H groups in total. The minimum atomic E-state index is -3.74. The van der Waals surface area contributed by atoms with Gasteiger partial charge >= 0.3 is 0 Å². The molecule has 0 bridgehead atoms. The zero-order chi connectivity index (χ0) is 13.1. The molecule has 1 atom stereocenters. The van der Waals surface area contributed by atoms with Crippen molar-refractivity contribution < 1.29 is 13.2 Å². The van der Waals surface area contributed by atoms with E-state index in [4.69, 9.17) is 5.14 Å². The van der Waals surface area contributed by atoms with E-state index in [2.05, 4.69) is 5.32 Å². The molecule has 1 rings (SSSR count). The molecule has 0 aliphatic heterocycles. The lowest BCUT2D eigenvalue weighted by molar-refractivity contribution is -0.115. The van der Waals surface area contributed by atoms with E-state index in [0.717, 1.165) is 0 Å². The number of nitrogens with one attached hydrogen (secondary N) is 1. The molecule has 0 aliphatic carbocycles. The van der Waals surface area contributed by atoms with Crippen molar-refractivity contribution in [2.75, 3.05) is 11.6 Å². The van der Waals surface area contributed by atoms with Crippen molar-refractivity contribution in [2.24, 2.45) is 5.14 Å². The van der Waals surface area contributed by atoms with E-state index < -0.39 is 10.0 Å². The van der Waals surface area contributed by atoms with Gasteiger partial charge in [-0.3, -0.25) is 4.79 Å². The number of rotatable bonds is 4. The Bertz CT molecular complexity index is 514. The summed E-state index contributed by atoms with van der Waals surface area (Å²) < 4.78 is 22.2. The van der Waals surface area contributed by atoms with Crippen LogP contribution in [0.5, 0.6) is 0 Å². The first-order chi connectivity index (χ1) is 7.84. The smallest absolute Gasteiger partial charge is 0.238 e. The van der Waals surface area contributed by atoms with Crippen molar-refractivity contribution in [3.05, 3.63) is 24.3 Å². The maximum absolute atomic E-state index is 11.6. The Balaban J connectivity index is 2.91. The monoisotopic (exact) mass is 274 g/mol. The summed E-state index contributed by atoms with van der Waals surface area (Å²) >= 11 is 1.41. The number of nitrogens with two attached hydrogens (primary N) is 1. The molecular weight excluding hydrogens is 260 g/mol. The van der Waals surface area contributed by atoms with Crippen LogP contribution in [-0.2, 0) is 14.8 Å². The van der Waals surface area contributed by atoms with Crippen LogP contribution in [-0.4, -0.2) is 25.8 Å². The number of thioether (sulfide) groups is 1. The average molecular weight is 274 g/mol. The zero-order valence-corrected chi connectivity index (χ0v) is 11.1. The van der Waals surface area contributed by atoms with Crippen molar-refractivity contribution in [3.8, 4) is 0 Å². The van der Waals surface area contributed by atoms with E-state index in [9.17, 15) is 13.2 Å². The molecule has 1 aromatic rings. The van der Waals surface area contributed by atoms with Gasteiger partial charge in [0.15, 0.2) is 0 Å². The molecule has 0 saturated heterocycles. The molecule has 0 saturated carbocycles. The highest BCUT2D eigenvalue weighted by molar-refractivity contribution is 7.99. The van der Waals surface area contributed by atoms with E-state index in [1.54, 1.807) is 13.0 Å². The molecule has 0 aromatic heterocycles. The van der Waals surface area contributed by atoms with E-state index in [-0.39, 0.29) is 16.1 Å². The molecule has 1 aromatic carbocycles. The van der Waals surface area contributed by atoms with Crippen LogP contribution in [0.2, 0.25) is 0 Å². The lowest BCUT2D eigenvalue weighted by Gasteiger charge is -2.10. The van der Waals surface area contributed by atoms with E-state index in [0.29, 0.717) is 5.69 Å². The van der Waals surface area contributed by atoms with Gasteiger partial charge in [0.1, 0.15) is 0 Å². The Hall–Kier alpha value is -1.05. The molecule has 0 heterocycles. The molecule has 0 radical (unpaired) electrons. The molecule has 1 amide bonds. The number of sulfonamides is 1. The molecule has 17 heavy (non-hydrogen) atoms. The molecule has 7 heteroatoms. The zero-order valence-electron chi connectivity index (χ0n) is 9.51. The summed E-state index contributed by atoms with van der Waals surface area (Å²) in [6, 6.07) is 5.85. The summed E-state index contributed by atoms with van der Waals surface area (Å²) in [5.74, 6) is -0.177. The van der Waals surface area contributed by atoms with Crippen molar-refractivity contribution >= 4 is 33.4 Å². The van der Waals surface area contributed by atoms with Gasteiger partial charge in [0.25, 0.3) is 0 Å². The first kappa shape index (κ1) is 14.0. The van der Waals surface area contributed by atoms with Crippen LogP contribution in [0.25, 0.3) is 0 Å². The first-order valence-electron chi connectivity index (χ1n) is 4.81. The largest absolute Gasteiger partial charge is 0.325 e. The van der Waals surface area contributed by atoms with Gasteiger partial charge in [-0.2, -0.15) is 11.8 Å². The fraction of sp³-hybridized carbons (Fsp3) is 0.300. The van der Waals surface area contributed by atoms with Crippen molar-refractivity contribution in [3.63, 3.8) is 0 Å². The third-order valence-electron chi connectivity index (χ3n) is 2.15. The second-order valence-corrected chi connectivity index (χ2v) is 6.18. The molecule has 5 nitrogen and oxygen atoms in total. The Labute approximate surface area is 105 Å². The Morgan fingerprint density at radius 2 is 2.12 bits per heavy atom. The van der Waals surface area contributed by atoms with Crippen LogP contribution < -0.4 is 10.5 Å². The van der Waals surface area contributed by atoms with E-state index >= 15 is 0 Å². The summed E-state index contributed by atoms with van der Waals surface area (Å²) in [6.07, 6.45) is 1.82. The highest BCUT2D eigenvalue weighted by atomic mass is 32.2. The Morgan fingerprint density at radius 3 is 2.65 bits per heavy atom. The molecule has 0 spiro atoms. The lowest BCUT2D eigenvalue weighted by atomic mass is 10.3. The highest BCUT2D eigenvalue weighted by Crippen LogP contribution is 2.15. The molecular formula is C10H14N2O3S2. The van der Waals surface area contributed by atoms with Crippen LogP contribution >= 0.6 is 11.8 Å². The topological polar surface area (TPSA) is 89.3 Å². The number of carbonyl (C=O) groups is 1. The fourth-order valence-corrected chi connectivity index (χ4v) is 1.93. The maximum atomic E-state index is 11.6. The predicted molar refractivity (Wildman–Crippen MR) is 69.4 cm³/mol. The predicted octanol–water partition coefficient (Wildman–Crippen LogP) is 1.02. The van der Waals surface area contributed by atoms with Gasteiger partial charge in [0.05, 0.1) is 10.1 Å². The van der Waals surface area contributed by atoms with Gasteiger partial charge in [-0.25, -0.2) is 13.6 Å². The Kier molecular flexibility index (Phi) is 4.55. The van der Waals surface area contributed by atoms with Crippen LogP contribution in [0.1, 0.15) is 6.92 Å². The van der Waals surface area contributed by atoms with Gasteiger partial charge in [-0.15, -0.1) is 0 Å². The second-order valence-electron chi connectivity index (χ2n) is 3.44. The fourth-order valence-electron chi connectivity index (χ4n) is 1.10. The minimum Gasteiger partial charge on any atom is -0.325 e. The van der Waals surface area contributed by atoms with Crippen LogP contribution in [0.3, 0.4) is 0 Å². The van der Waals surface area contributed by atoms with Crippen LogP contribution in [0.15, 0.2) is 29.2 Å². The van der Waals surface area contributed by atoms with Gasteiger partial charge in [0, 0.05) is 5.69 Å². The third kappa shape index (κ3) is 4.03. The molecule has 0 aliphatic rings. The first-order valence-corrected chi connectivity index (χ1v) is 7.64. The molecule has 94 valence electrons. The van der Waals surface area contributed by atoms with Crippen molar-refractivity contribution in [1.82, 2.24) is 0 Å². The summed E-state index contributed by atoms with van der Waals surface area (Å²) in [6.45, 7) is 1.77. The highest BCUT2D eigenvalue weighted by Gasteiger charge is 2.13. The number of hydrogen-bond acceptors (Lipinski definition) is 4. The van der Waals surface area contributed by atoms with Gasteiger partial charge in [-0.1, -0.05) is 6.07 Å². The average Bonchev–Trinajstić information content (AvgIpc) is 2.27. The SMILES string of the molecule is CSC(C)C(=O)Nc1cccc(S(N)(=O)=O)c1. The van der Waals surface area contributed by atoms with E-state index in [1.165, 1.54) is 30.0 Å². The summed E-state index contributed by atoms with van der Waals surface area (Å²) in [4.78, 5) is 11.6. The van der Waals surface area contributed by atoms with Gasteiger partial charge < -0.3 is 5.32 Å². The van der Waals surface area contributed by atoms with Crippen LogP contribution in [0, 0.1) is 0 Å². The Morgan fingerprint density at radius 1 is 1.47 bits per heavy atom. The summed E-state index contributed by atoms with van der Waals surface area (Å²) in [5.41, 5.74) is 0.419. The normalized spacial score (nSPS) is 13.1. The standard InChI is InChI=1S/C10H14N2O3S2/c1-7(16-2)10(13)12-8-4-3-5-9(6-8)17(11,14)15/h3-7H,1-2H3,(H,12,13)(H2,11,14,15). The van der Waals surface area contributed by atoms with E-state index in [1.807, 2.05) is 6.26 Å². The molecule has 1 unspecified atom stereocenters. The summed E-state index contributed by atoms with van der Waals surface area (Å²) in [5, 5.41) is 7.42. The number of amides is 1. The van der Waals surface area contributed by atoms with Crippen molar-refractivity contribution in [1.29, 1.82) is 0 Å². The number of hydrogen-bond donors (Lipinski definition) is 2. The number of primary sulfonamides is 1. The molecule has 0 fully saturated rings. The number of carbonyl (C=O) groups excluding carboxylic acids is 1. The number of anilines is 1. The van der Waals surface area contributed by atoms with Gasteiger partial charge in [-0.05, 0) is 31.4 Å². The minimum absolute atomic E-state index is 0.0212. The van der Waals surface area contributed by atoms with Gasteiger partial charge in [0.2, 0.25) is 15.9 Å². The second kappa shape index (κ2) is 5.52. The quantitative estimate of drug-likeness (QED) is 0.858. The lowest BCUT2D eigenvalue weighted by Crippen LogP contribution is -2.22. The number of benzene rings is 1. The van der Waals surface area contributed by atoms with Crippen molar-refractivity contribution in [2.45, 2.75) is 17.1 Å². The van der Waals surface area contributed by atoms with Crippen LogP contribution in [0.4, 0.5) is 5.69 Å². The third-order valence-corrected chi connectivity index (χ3v) is 3.99. The summed E-state index contributed by atoms with van der Waals surface area (Å²) in [7, 11) is -3.74.